The predicted octanol–water partition coefficient (Wildman–Crippen LogP) is 11.9. The van der Waals surface area contributed by atoms with Crippen LogP contribution in [-0.4, -0.2) is 33.5 Å². The van der Waals surface area contributed by atoms with E-state index in [4.69, 9.17) is 23.2 Å². The first-order chi connectivity index (χ1) is 24.6. The maximum Gasteiger partial charge on any atom is 0.168 e. The van der Waals surface area contributed by atoms with E-state index in [0.29, 0.717) is 44.6 Å². The van der Waals surface area contributed by atoms with E-state index in [2.05, 4.69) is 63.9 Å². The number of hydrogen-bond acceptors (Lipinski definition) is 4. The number of aromatic nitrogens is 4. The molecule has 2 aromatic heterocycles. The number of rotatable bonds is 10. The lowest BCUT2D eigenvalue weighted by Gasteiger charge is -2.18. The molecule has 7 aromatic rings. The summed E-state index contributed by atoms with van der Waals surface area (Å²) in [5.74, 6) is 0.357. The standard InChI is InChI=1S/C22H19ClFN3.C19H21ClFN3/c23-19-17(16-11-5-2-6-12-16)14-18-21(20(19)24)26-27-22(18)25-13-7-10-15-8-3-1-4-9-15;1-19(2,3)9-10-22-18-14-11-13(12-7-5-4-6-8-12)15(20)16(21)17(14)23-24-18/h1-6,8-9,11-12,14H,7,10,13H2,(H2,25,26,27);4-8,11H,9-10H2,1-3H3,(H2,22,23,24). The molecule has 4 N–H and O–H groups in total. The van der Waals surface area contributed by atoms with Gasteiger partial charge in [-0.3, -0.25) is 10.2 Å². The van der Waals surface area contributed by atoms with Crippen molar-refractivity contribution in [2.24, 2.45) is 5.41 Å². The number of fused-ring (bicyclic) bond motifs is 2. The Morgan fingerprint density at radius 2 is 1.06 bits per heavy atom. The highest BCUT2D eigenvalue weighted by Gasteiger charge is 2.19. The molecule has 2 heterocycles. The Morgan fingerprint density at radius 3 is 1.51 bits per heavy atom. The van der Waals surface area contributed by atoms with Gasteiger partial charge in [0.1, 0.15) is 11.0 Å². The van der Waals surface area contributed by atoms with E-state index in [-0.39, 0.29) is 15.5 Å². The molecule has 51 heavy (non-hydrogen) atoms. The van der Waals surface area contributed by atoms with Gasteiger partial charge in [-0.1, -0.05) is 135 Å². The molecule has 0 aliphatic carbocycles. The van der Waals surface area contributed by atoms with Gasteiger partial charge in [0.2, 0.25) is 0 Å². The lowest BCUT2D eigenvalue weighted by atomic mass is 9.92. The average molecular weight is 726 g/mol. The predicted molar refractivity (Wildman–Crippen MR) is 209 cm³/mol. The molecule has 0 bridgehead atoms. The quantitative estimate of drug-likeness (QED) is 0.106. The zero-order valence-corrected chi connectivity index (χ0v) is 30.3. The zero-order valence-electron chi connectivity index (χ0n) is 28.8. The van der Waals surface area contributed by atoms with Gasteiger partial charge in [-0.25, -0.2) is 8.78 Å². The number of anilines is 2. The van der Waals surface area contributed by atoms with Gasteiger partial charge >= 0.3 is 0 Å². The highest BCUT2D eigenvalue weighted by Crippen LogP contribution is 2.38. The minimum Gasteiger partial charge on any atom is -0.368 e. The summed E-state index contributed by atoms with van der Waals surface area (Å²) in [6.07, 6.45) is 2.93. The largest absolute Gasteiger partial charge is 0.368 e. The molecule has 7 rings (SSSR count). The third-order valence-corrected chi connectivity index (χ3v) is 9.34. The number of aromatic amines is 2. The number of nitrogens with zero attached hydrogens (tertiary/aromatic N) is 2. The first kappa shape index (κ1) is 35.9. The third kappa shape index (κ3) is 8.52. The molecule has 0 fully saturated rings. The number of nitrogens with one attached hydrogen (secondary N) is 4. The van der Waals surface area contributed by atoms with Crippen molar-refractivity contribution in [3.05, 3.63) is 130 Å². The van der Waals surface area contributed by atoms with E-state index in [0.717, 1.165) is 43.5 Å². The molecular weight excluding hydrogens is 685 g/mol. The van der Waals surface area contributed by atoms with Crippen molar-refractivity contribution in [3.63, 3.8) is 0 Å². The molecule has 5 aromatic carbocycles. The van der Waals surface area contributed by atoms with Gasteiger partial charge in [-0.2, -0.15) is 10.2 Å². The minimum atomic E-state index is -0.474. The van der Waals surface area contributed by atoms with Crippen LogP contribution in [0.2, 0.25) is 10.0 Å². The van der Waals surface area contributed by atoms with Gasteiger partial charge in [0.25, 0.3) is 0 Å². The molecule has 262 valence electrons. The summed E-state index contributed by atoms with van der Waals surface area (Å²) >= 11 is 12.5. The Bertz CT molecular complexity index is 2210. The van der Waals surface area contributed by atoms with Crippen molar-refractivity contribution < 1.29 is 8.78 Å². The summed E-state index contributed by atoms with van der Waals surface area (Å²) < 4.78 is 29.4. The van der Waals surface area contributed by atoms with Crippen LogP contribution in [0.15, 0.2) is 103 Å². The van der Waals surface area contributed by atoms with Gasteiger partial charge in [0, 0.05) is 35.0 Å². The van der Waals surface area contributed by atoms with Crippen molar-refractivity contribution in [1.29, 1.82) is 0 Å². The second kappa shape index (κ2) is 16.0. The average Bonchev–Trinajstić information content (AvgIpc) is 3.74. The maximum absolute atomic E-state index is 14.7. The summed E-state index contributed by atoms with van der Waals surface area (Å²) in [4.78, 5) is 0. The topological polar surface area (TPSA) is 81.4 Å². The van der Waals surface area contributed by atoms with E-state index in [9.17, 15) is 8.78 Å². The molecule has 0 amide bonds. The normalized spacial score (nSPS) is 11.4. The van der Waals surface area contributed by atoms with Crippen LogP contribution in [0.1, 0.15) is 39.2 Å². The first-order valence-corrected chi connectivity index (χ1v) is 17.7. The van der Waals surface area contributed by atoms with Crippen LogP contribution >= 0.6 is 23.2 Å². The van der Waals surface area contributed by atoms with Crippen LogP contribution in [0.5, 0.6) is 0 Å². The Hall–Kier alpha value is -4.92. The van der Waals surface area contributed by atoms with Crippen LogP contribution in [-0.2, 0) is 6.42 Å². The number of halogens is 4. The van der Waals surface area contributed by atoms with E-state index >= 15 is 0 Å². The van der Waals surface area contributed by atoms with Crippen molar-refractivity contribution in [2.75, 3.05) is 23.7 Å². The smallest absolute Gasteiger partial charge is 0.168 e. The van der Waals surface area contributed by atoms with Gasteiger partial charge in [0.15, 0.2) is 23.3 Å². The van der Waals surface area contributed by atoms with E-state index in [1.54, 1.807) is 0 Å². The fourth-order valence-electron chi connectivity index (χ4n) is 5.81. The number of H-pyrrole nitrogens is 2. The van der Waals surface area contributed by atoms with E-state index < -0.39 is 11.6 Å². The fourth-order valence-corrected chi connectivity index (χ4v) is 6.33. The van der Waals surface area contributed by atoms with Crippen LogP contribution in [0.25, 0.3) is 44.1 Å². The maximum atomic E-state index is 14.7. The molecule has 6 nitrogen and oxygen atoms in total. The number of hydrogen-bond donors (Lipinski definition) is 4. The van der Waals surface area contributed by atoms with E-state index in [1.165, 1.54) is 5.56 Å². The summed E-state index contributed by atoms with van der Waals surface area (Å²) in [7, 11) is 0. The van der Waals surface area contributed by atoms with Crippen molar-refractivity contribution in [2.45, 2.75) is 40.0 Å². The molecule has 0 aliphatic rings. The lowest BCUT2D eigenvalue weighted by molar-refractivity contribution is 0.389. The van der Waals surface area contributed by atoms with Crippen LogP contribution in [0.4, 0.5) is 20.4 Å². The lowest BCUT2D eigenvalue weighted by Crippen LogP contribution is -2.13. The summed E-state index contributed by atoms with van der Waals surface area (Å²) in [6.45, 7) is 8.08. The highest BCUT2D eigenvalue weighted by molar-refractivity contribution is 6.35. The van der Waals surface area contributed by atoms with Crippen molar-refractivity contribution >= 4 is 56.6 Å². The summed E-state index contributed by atoms with van der Waals surface area (Å²) in [6, 6.07) is 33.3. The Kier molecular flexibility index (Phi) is 11.2. The zero-order chi connectivity index (χ0) is 36.0. The Balaban J connectivity index is 0.000000177. The molecule has 0 unspecified atom stereocenters. The molecule has 0 spiro atoms. The van der Waals surface area contributed by atoms with Crippen molar-refractivity contribution in [1.82, 2.24) is 20.4 Å². The Labute approximate surface area is 306 Å². The molecule has 0 radical (unpaired) electrons. The molecular formula is C41H40Cl2F2N6. The van der Waals surface area contributed by atoms with Gasteiger partial charge in [-0.15, -0.1) is 0 Å². The van der Waals surface area contributed by atoms with Crippen LogP contribution in [0.3, 0.4) is 0 Å². The number of aryl methyl sites for hydroxylation is 1. The Morgan fingerprint density at radius 1 is 0.627 bits per heavy atom. The molecule has 0 saturated heterocycles. The number of benzene rings is 5. The minimum absolute atomic E-state index is 0.105. The van der Waals surface area contributed by atoms with Gasteiger partial charge in [-0.05, 0) is 53.5 Å². The van der Waals surface area contributed by atoms with Crippen molar-refractivity contribution in [3.8, 4) is 22.3 Å². The van der Waals surface area contributed by atoms with Crippen LogP contribution in [0, 0.1) is 17.0 Å². The fraction of sp³-hybridized carbons (Fsp3) is 0.220. The third-order valence-electron chi connectivity index (χ3n) is 8.60. The first-order valence-electron chi connectivity index (χ1n) is 17.0. The second-order valence-electron chi connectivity index (χ2n) is 13.6. The highest BCUT2D eigenvalue weighted by atomic mass is 35.5. The molecule has 10 heteroatoms. The van der Waals surface area contributed by atoms with Gasteiger partial charge < -0.3 is 10.6 Å². The van der Waals surface area contributed by atoms with Gasteiger partial charge in [0.05, 0.1) is 10.0 Å². The van der Waals surface area contributed by atoms with E-state index in [1.807, 2.05) is 91.0 Å². The summed E-state index contributed by atoms with van der Waals surface area (Å²) in [5.41, 5.74) is 5.27. The second-order valence-corrected chi connectivity index (χ2v) is 14.3. The molecule has 0 aliphatic heterocycles. The van der Waals surface area contributed by atoms with Crippen LogP contribution < -0.4 is 10.6 Å². The molecule has 0 saturated carbocycles. The summed E-state index contributed by atoms with van der Waals surface area (Å²) in [5, 5.41) is 22.2. The molecule has 0 atom stereocenters. The monoisotopic (exact) mass is 724 g/mol. The SMILES string of the molecule is CC(C)(C)CCNc1n[nH]c2c(F)c(Cl)c(-c3ccccc3)cc12.Fc1c(Cl)c(-c2ccccc2)cc2c(NCCCc3ccccc3)n[nH]c12.